The van der Waals surface area contributed by atoms with Gasteiger partial charge in [0.15, 0.2) is 23.1 Å². The maximum atomic E-state index is 12.8. The third-order valence-electron chi connectivity index (χ3n) is 5.26. The number of allylic oxidation sites excluding steroid dienone is 6. The van der Waals surface area contributed by atoms with Crippen molar-refractivity contribution in [3.05, 3.63) is 45.0 Å². The van der Waals surface area contributed by atoms with Gasteiger partial charge in [0.1, 0.15) is 0 Å². The largest absolute Gasteiger partial charge is 0.448 e. The molecule has 1 heterocycles. The Bertz CT molecular complexity index is 828. The number of ether oxygens (including phenoxy) is 1. The number of carbonyl (C=O) groups is 4. The van der Waals surface area contributed by atoms with Crippen LogP contribution in [0, 0.1) is 5.41 Å². The maximum Gasteiger partial charge on any atom is 0.224 e. The van der Waals surface area contributed by atoms with Crippen LogP contribution in [0.3, 0.4) is 0 Å². The highest BCUT2D eigenvalue weighted by Crippen LogP contribution is 2.49. The first-order chi connectivity index (χ1) is 11.0. The molecular weight excluding hydrogens is 308 g/mol. The quantitative estimate of drug-likeness (QED) is 0.639. The second kappa shape index (κ2) is 4.72. The number of Topliss-reactive ketones (excluding diaryl/α,β-unsaturated/α-hetero) is 4. The van der Waals surface area contributed by atoms with E-state index in [1.807, 2.05) is 0 Å². The molecule has 0 aromatic heterocycles. The summed E-state index contributed by atoms with van der Waals surface area (Å²) in [6.45, 7) is 9.65. The van der Waals surface area contributed by atoms with Crippen LogP contribution in [-0.2, 0) is 23.9 Å². The number of carbonyl (C=O) groups excluding carboxylic acids is 4. The summed E-state index contributed by atoms with van der Waals surface area (Å²) in [5, 5.41) is 0. The molecule has 0 bridgehead atoms. The average molecular weight is 326 g/mol. The van der Waals surface area contributed by atoms with Gasteiger partial charge in [-0.2, -0.15) is 0 Å². The van der Waals surface area contributed by atoms with Gasteiger partial charge in [-0.05, 0) is 27.7 Å². The zero-order valence-electron chi connectivity index (χ0n) is 14.5. The van der Waals surface area contributed by atoms with Gasteiger partial charge in [0.2, 0.25) is 11.6 Å². The van der Waals surface area contributed by atoms with Crippen molar-refractivity contribution >= 4 is 23.1 Å². The summed E-state index contributed by atoms with van der Waals surface area (Å²) in [7, 11) is 0. The van der Waals surface area contributed by atoms with E-state index in [0.29, 0.717) is 22.3 Å². The molecule has 0 spiro atoms. The van der Waals surface area contributed by atoms with Gasteiger partial charge in [0.25, 0.3) is 0 Å². The molecule has 124 valence electrons. The Balaban J connectivity index is 2.27. The summed E-state index contributed by atoms with van der Waals surface area (Å²) >= 11 is 0. The zero-order chi connectivity index (χ0) is 18.1. The van der Waals surface area contributed by atoms with Crippen LogP contribution in [0.5, 0.6) is 0 Å². The SMILES string of the molecule is CC1=C(C)C(=O)C2=C(OC3=C(C(=O)C(C)=C(C)C3=O)C2(C)C)C1=O. The second-order valence-electron chi connectivity index (χ2n) is 6.95. The molecule has 0 aromatic carbocycles. The first kappa shape index (κ1) is 16.3. The molecule has 0 N–H and O–H groups in total. The highest BCUT2D eigenvalue weighted by Gasteiger charge is 2.51. The lowest BCUT2D eigenvalue weighted by atomic mass is 9.65. The summed E-state index contributed by atoms with van der Waals surface area (Å²) in [4.78, 5) is 50.7. The molecule has 3 rings (SSSR count). The van der Waals surface area contributed by atoms with E-state index in [9.17, 15) is 19.2 Å². The predicted octanol–water partition coefficient (Wildman–Crippen LogP) is 2.53. The van der Waals surface area contributed by atoms with E-state index in [2.05, 4.69) is 0 Å². The topological polar surface area (TPSA) is 77.5 Å². The van der Waals surface area contributed by atoms with Crippen molar-refractivity contribution in [2.24, 2.45) is 5.41 Å². The van der Waals surface area contributed by atoms with E-state index in [0.717, 1.165) is 0 Å². The van der Waals surface area contributed by atoms with Crippen LogP contribution in [0.15, 0.2) is 45.0 Å². The normalized spacial score (nSPS) is 23.8. The Morgan fingerprint density at radius 2 is 0.875 bits per heavy atom. The van der Waals surface area contributed by atoms with Crippen molar-refractivity contribution in [3.63, 3.8) is 0 Å². The van der Waals surface area contributed by atoms with Crippen LogP contribution < -0.4 is 0 Å². The summed E-state index contributed by atoms with van der Waals surface area (Å²) < 4.78 is 5.58. The molecule has 0 unspecified atom stereocenters. The molecule has 24 heavy (non-hydrogen) atoms. The minimum atomic E-state index is -1.08. The lowest BCUT2D eigenvalue weighted by Crippen LogP contribution is -2.42. The zero-order valence-corrected chi connectivity index (χ0v) is 14.5. The van der Waals surface area contributed by atoms with Gasteiger partial charge < -0.3 is 4.74 Å². The van der Waals surface area contributed by atoms with Crippen LogP contribution >= 0.6 is 0 Å². The van der Waals surface area contributed by atoms with Crippen LogP contribution in [0.1, 0.15) is 41.5 Å². The van der Waals surface area contributed by atoms with Crippen molar-refractivity contribution in [2.45, 2.75) is 41.5 Å². The van der Waals surface area contributed by atoms with Crippen LogP contribution in [0.4, 0.5) is 0 Å². The third kappa shape index (κ3) is 1.75. The fraction of sp³-hybridized carbons (Fsp3) is 0.368. The van der Waals surface area contributed by atoms with Crippen molar-refractivity contribution in [1.82, 2.24) is 0 Å². The number of hydrogen-bond donors (Lipinski definition) is 0. The minimum absolute atomic E-state index is 0.125. The van der Waals surface area contributed by atoms with Crippen LogP contribution in [-0.4, -0.2) is 23.1 Å². The van der Waals surface area contributed by atoms with Crippen LogP contribution in [0.25, 0.3) is 0 Å². The van der Waals surface area contributed by atoms with E-state index < -0.39 is 17.0 Å². The molecule has 0 aromatic rings. The molecule has 3 aliphatic rings. The molecule has 0 saturated carbocycles. The van der Waals surface area contributed by atoms with Crippen molar-refractivity contribution in [3.8, 4) is 0 Å². The fourth-order valence-corrected chi connectivity index (χ4v) is 3.39. The second-order valence-corrected chi connectivity index (χ2v) is 6.95. The van der Waals surface area contributed by atoms with Crippen molar-refractivity contribution < 1.29 is 23.9 Å². The Labute approximate surface area is 139 Å². The maximum absolute atomic E-state index is 12.8. The first-order valence-electron chi connectivity index (χ1n) is 7.72. The Hall–Kier alpha value is -2.56. The van der Waals surface area contributed by atoms with Gasteiger partial charge in [-0.1, -0.05) is 13.8 Å². The lowest BCUT2D eigenvalue weighted by Gasteiger charge is -2.39. The molecule has 0 saturated heterocycles. The van der Waals surface area contributed by atoms with Gasteiger partial charge in [-0.3, -0.25) is 19.2 Å². The summed E-state index contributed by atoms with van der Waals surface area (Å²) in [6, 6.07) is 0. The monoisotopic (exact) mass is 326 g/mol. The number of hydrogen-bond acceptors (Lipinski definition) is 5. The van der Waals surface area contributed by atoms with Crippen molar-refractivity contribution in [1.29, 1.82) is 0 Å². The Kier molecular flexibility index (Phi) is 3.21. The minimum Gasteiger partial charge on any atom is -0.448 e. The van der Waals surface area contributed by atoms with Crippen LogP contribution in [0.2, 0.25) is 0 Å². The van der Waals surface area contributed by atoms with E-state index in [-0.39, 0.29) is 34.2 Å². The molecule has 2 aliphatic carbocycles. The van der Waals surface area contributed by atoms with Crippen molar-refractivity contribution in [2.75, 3.05) is 0 Å². The highest BCUT2D eigenvalue weighted by molar-refractivity contribution is 6.30. The standard InChI is InChI=1S/C19H18O5/c1-7-9(3)15(22)17-11(13(7)20)19(5,6)12-14(21)8(2)10(4)16(23)18(12)24-17/h1-6H3. The van der Waals surface area contributed by atoms with E-state index in [1.54, 1.807) is 41.5 Å². The summed E-state index contributed by atoms with van der Waals surface area (Å²) in [6.07, 6.45) is 0. The molecule has 5 heteroatoms. The van der Waals surface area contributed by atoms with Gasteiger partial charge in [-0.25, -0.2) is 0 Å². The fourth-order valence-electron chi connectivity index (χ4n) is 3.39. The van der Waals surface area contributed by atoms with Gasteiger partial charge >= 0.3 is 0 Å². The van der Waals surface area contributed by atoms with Gasteiger partial charge in [0, 0.05) is 27.7 Å². The average Bonchev–Trinajstić information content (AvgIpc) is 2.52. The van der Waals surface area contributed by atoms with Gasteiger partial charge in [-0.15, -0.1) is 0 Å². The predicted molar refractivity (Wildman–Crippen MR) is 85.7 cm³/mol. The first-order valence-corrected chi connectivity index (χ1v) is 7.72. The molecular formula is C19H18O5. The molecule has 0 fully saturated rings. The van der Waals surface area contributed by atoms with E-state index in [1.165, 1.54) is 0 Å². The van der Waals surface area contributed by atoms with Gasteiger partial charge in [0.05, 0.1) is 11.1 Å². The molecule has 5 nitrogen and oxygen atoms in total. The number of rotatable bonds is 0. The number of ketones is 4. The summed E-state index contributed by atoms with van der Waals surface area (Å²) in [5.74, 6) is -1.71. The molecule has 1 aliphatic heterocycles. The lowest BCUT2D eigenvalue weighted by molar-refractivity contribution is -0.123. The van der Waals surface area contributed by atoms with E-state index >= 15 is 0 Å². The Morgan fingerprint density at radius 1 is 0.583 bits per heavy atom. The highest BCUT2D eigenvalue weighted by atomic mass is 16.5. The molecule has 0 amide bonds. The smallest absolute Gasteiger partial charge is 0.224 e. The Morgan fingerprint density at radius 3 is 1.21 bits per heavy atom. The molecule has 0 atom stereocenters. The molecule has 0 radical (unpaired) electrons. The third-order valence-corrected chi connectivity index (χ3v) is 5.26. The summed E-state index contributed by atoms with van der Waals surface area (Å²) in [5.41, 5.74) is 0.528. The van der Waals surface area contributed by atoms with E-state index in [4.69, 9.17) is 4.74 Å².